The van der Waals surface area contributed by atoms with Crippen molar-refractivity contribution in [3.05, 3.63) is 115 Å². The highest BCUT2D eigenvalue weighted by Crippen LogP contribution is 2.48. The van der Waals surface area contributed by atoms with Crippen LogP contribution in [0, 0.1) is 13.8 Å². The molecule has 5 aromatic rings. The summed E-state index contributed by atoms with van der Waals surface area (Å²) in [5.74, 6) is 0.676. The van der Waals surface area contributed by atoms with E-state index in [1.165, 1.54) is 11.6 Å². The maximum Gasteiger partial charge on any atom is 0.331 e. The first-order valence-electron chi connectivity index (χ1n) is 11.7. The summed E-state index contributed by atoms with van der Waals surface area (Å²) in [5.41, 5.74) is 5.79. The van der Waals surface area contributed by atoms with E-state index < -0.39 is 11.8 Å². The zero-order valence-corrected chi connectivity index (χ0v) is 21.1. The zero-order chi connectivity index (χ0) is 25.3. The van der Waals surface area contributed by atoms with E-state index in [9.17, 15) is 9.59 Å². The number of aromatic nitrogens is 3. The van der Waals surface area contributed by atoms with E-state index >= 15 is 0 Å². The fraction of sp³-hybridized carbons (Fsp3) is 0.172. The number of hydrogen-bond acceptors (Lipinski definition) is 3. The minimum atomic E-state index is -0.633. The van der Waals surface area contributed by atoms with E-state index in [1.54, 1.807) is 11.6 Å². The van der Waals surface area contributed by atoms with Gasteiger partial charge in [-0.05, 0) is 43.2 Å². The summed E-state index contributed by atoms with van der Waals surface area (Å²) in [5, 5.41) is 1.02. The molecule has 3 heterocycles. The average Bonchev–Trinajstić information content (AvgIpc) is 3.23. The van der Waals surface area contributed by atoms with E-state index in [2.05, 4.69) is 4.57 Å². The van der Waals surface area contributed by atoms with Gasteiger partial charge in [0.2, 0.25) is 0 Å². The molecule has 6 rings (SSSR count). The second-order valence-corrected chi connectivity index (χ2v) is 9.71. The highest BCUT2D eigenvalue weighted by atomic mass is 35.5. The van der Waals surface area contributed by atoms with Crippen LogP contribution in [0.15, 0.2) is 76.3 Å². The van der Waals surface area contributed by atoms with Crippen molar-refractivity contribution in [2.24, 2.45) is 14.1 Å². The fourth-order valence-corrected chi connectivity index (χ4v) is 5.50. The van der Waals surface area contributed by atoms with E-state index in [1.807, 2.05) is 80.6 Å². The Hall–Kier alpha value is -4.03. The van der Waals surface area contributed by atoms with Gasteiger partial charge < -0.3 is 9.30 Å². The van der Waals surface area contributed by atoms with Crippen LogP contribution in [0.2, 0.25) is 5.02 Å². The number of nitrogens with zero attached hydrogens (tertiary/aromatic N) is 3. The van der Waals surface area contributed by atoms with Gasteiger partial charge in [0.15, 0.2) is 6.10 Å². The monoisotopic (exact) mass is 497 g/mol. The average molecular weight is 498 g/mol. The molecule has 180 valence electrons. The Morgan fingerprint density at radius 1 is 0.889 bits per heavy atom. The summed E-state index contributed by atoms with van der Waals surface area (Å²) in [4.78, 5) is 26.9. The lowest BCUT2D eigenvalue weighted by atomic mass is 10.0. The number of ether oxygens (including phenoxy) is 1. The Kier molecular flexibility index (Phi) is 4.99. The van der Waals surface area contributed by atoms with Gasteiger partial charge in [0.25, 0.3) is 5.56 Å². The van der Waals surface area contributed by atoms with Gasteiger partial charge in [-0.3, -0.25) is 13.9 Å². The van der Waals surface area contributed by atoms with Gasteiger partial charge in [-0.15, -0.1) is 0 Å². The second kappa shape index (κ2) is 8.00. The summed E-state index contributed by atoms with van der Waals surface area (Å²) in [6.45, 7) is 4.04. The molecule has 0 unspecified atom stereocenters. The third-order valence-electron chi connectivity index (χ3n) is 7.04. The predicted octanol–water partition coefficient (Wildman–Crippen LogP) is 5.45. The molecule has 0 spiro atoms. The topological polar surface area (TPSA) is 58.2 Å². The van der Waals surface area contributed by atoms with Crippen LogP contribution in [0.4, 0.5) is 0 Å². The molecule has 1 aliphatic rings. The summed E-state index contributed by atoms with van der Waals surface area (Å²) >= 11 is 6.68. The number of rotatable bonds is 2. The van der Waals surface area contributed by atoms with Gasteiger partial charge in [0.05, 0.1) is 28.0 Å². The van der Waals surface area contributed by atoms with Gasteiger partial charge in [-0.25, -0.2) is 4.79 Å². The second-order valence-electron chi connectivity index (χ2n) is 9.30. The molecule has 0 saturated heterocycles. The molecule has 6 nitrogen and oxygen atoms in total. The number of aryl methyl sites for hydroxylation is 3. The first-order chi connectivity index (χ1) is 17.3. The van der Waals surface area contributed by atoms with Gasteiger partial charge in [0, 0.05) is 30.2 Å². The van der Waals surface area contributed by atoms with Crippen molar-refractivity contribution in [3.8, 4) is 22.7 Å². The van der Waals surface area contributed by atoms with E-state index in [-0.39, 0.29) is 5.56 Å². The van der Waals surface area contributed by atoms with Crippen molar-refractivity contribution >= 4 is 22.5 Å². The molecule has 2 aromatic heterocycles. The van der Waals surface area contributed by atoms with Crippen molar-refractivity contribution < 1.29 is 4.74 Å². The normalized spacial score (nSPS) is 14.4. The summed E-state index contributed by atoms with van der Waals surface area (Å²) in [6.07, 6.45) is -0.633. The number of halogens is 1. The molecular formula is C29H24ClN3O3. The van der Waals surface area contributed by atoms with Crippen LogP contribution in [0.5, 0.6) is 5.75 Å². The molecule has 1 aliphatic heterocycles. The smallest absolute Gasteiger partial charge is 0.331 e. The summed E-state index contributed by atoms with van der Waals surface area (Å²) in [6, 6.07) is 21.5. The van der Waals surface area contributed by atoms with Gasteiger partial charge in [-0.2, -0.15) is 0 Å². The minimum Gasteiger partial charge on any atom is -0.477 e. The van der Waals surface area contributed by atoms with Crippen LogP contribution in [-0.2, 0) is 14.1 Å². The van der Waals surface area contributed by atoms with Crippen LogP contribution in [0.25, 0.3) is 27.8 Å². The Morgan fingerprint density at radius 3 is 2.36 bits per heavy atom. The lowest BCUT2D eigenvalue weighted by Gasteiger charge is -2.31. The van der Waals surface area contributed by atoms with Gasteiger partial charge in [0.1, 0.15) is 5.75 Å². The minimum absolute atomic E-state index is 0.347. The lowest BCUT2D eigenvalue weighted by molar-refractivity contribution is 0.229. The molecule has 0 fully saturated rings. The van der Waals surface area contributed by atoms with E-state index in [4.69, 9.17) is 16.3 Å². The van der Waals surface area contributed by atoms with Crippen molar-refractivity contribution in [3.63, 3.8) is 0 Å². The number of benzene rings is 3. The van der Waals surface area contributed by atoms with Crippen LogP contribution in [0.1, 0.15) is 28.5 Å². The molecule has 0 N–H and O–H groups in total. The quantitative estimate of drug-likeness (QED) is 0.326. The Labute approximate surface area is 212 Å². The first-order valence-corrected chi connectivity index (χ1v) is 12.1. The molecule has 0 radical (unpaired) electrons. The van der Waals surface area contributed by atoms with Crippen molar-refractivity contribution in [2.45, 2.75) is 20.0 Å². The molecule has 0 aliphatic carbocycles. The molecule has 3 aromatic carbocycles. The van der Waals surface area contributed by atoms with Crippen molar-refractivity contribution in [2.75, 3.05) is 0 Å². The standard InChI is InChI=1S/C29H24ClN3O3/c1-16-13-14-22-21(15-16)33-24(18-10-6-5-9-17(18)2)23-25(31(3)29(35)32(4)28(23)34)26(33)27(36-22)19-11-7-8-12-20(19)30/h5-15,27H,1-4H3/t27-/m1/s1. The number of fused-ring (bicyclic) bond motifs is 5. The third kappa shape index (κ3) is 3.04. The predicted molar refractivity (Wildman–Crippen MR) is 143 cm³/mol. The number of hydrogen-bond donors (Lipinski definition) is 0. The molecule has 36 heavy (non-hydrogen) atoms. The highest BCUT2D eigenvalue weighted by Gasteiger charge is 2.37. The molecule has 0 amide bonds. The van der Waals surface area contributed by atoms with E-state index in [0.29, 0.717) is 27.4 Å². The molecule has 7 heteroatoms. The third-order valence-corrected chi connectivity index (χ3v) is 7.39. The van der Waals surface area contributed by atoms with E-state index in [0.717, 1.165) is 33.6 Å². The Bertz CT molecular complexity index is 1830. The maximum absolute atomic E-state index is 13.8. The Balaban J connectivity index is 1.91. The van der Waals surface area contributed by atoms with Crippen LogP contribution in [0.3, 0.4) is 0 Å². The SMILES string of the molecule is Cc1ccc2c(c1)-n1c(-c3ccccc3C)c3c(=O)n(C)c(=O)n(C)c3c1[C@@H](c1ccccc1Cl)O2. The highest BCUT2D eigenvalue weighted by molar-refractivity contribution is 6.31. The summed E-state index contributed by atoms with van der Waals surface area (Å²) in [7, 11) is 3.21. The van der Waals surface area contributed by atoms with Gasteiger partial charge >= 0.3 is 5.69 Å². The fourth-order valence-electron chi connectivity index (χ4n) is 5.26. The Morgan fingerprint density at radius 2 is 1.61 bits per heavy atom. The molecular weight excluding hydrogens is 474 g/mol. The lowest BCUT2D eigenvalue weighted by Crippen LogP contribution is -2.37. The van der Waals surface area contributed by atoms with Crippen molar-refractivity contribution in [1.29, 1.82) is 0 Å². The van der Waals surface area contributed by atoms with Crippen LogP contribution in [-0.4, -0.2) is 13.7 Å². The molecule has 0 saturated carbocycles. The maximum atomic E-state index is 13.8. The first kappa shape index (κ1) is 22.4. The van der Waals surface area contributed by atoms with Crippen LogP contribution < -0.4 is 16.0 Å². The van der Waals surface area contributed by atoms with Crippen molar-refractivity contribution in [1.82, 2.24) is 13.7 Å². The largest absolute Gasteiger partial charge is 0.477 e. The zero-order valence-electron chi connectivity index (χ0n) is 20.4. The van der Waals surface area contributed by atoms with Crippen LogP contribution >= 0.6 is 11.6 Å². The van der Waals surface area contributed by atoms with Gasteiger partial charge in [-0.1, -0.05) is 60.1 Å². The molecule has 0 bridgehead atoms. The molecule has 1 atom stereocenters. The summed E-state index contributed by atoms with van der Waals surface area (Å²) < 4.78 is 11.4.